The van der Waals surface area contributed by atoms with E-state index in [1.54, 1.807) is 12.1 Å². The number of rotatable bonds is 7. The summed E-state index contributed by atoms with van der Waals surface area (Å²) in [6, 6.07) is 3.67. The molecule has 26 heavy (non-hydrogen) atoms. The third kappa shape index (κ3) is 4.89. The van der Waals surface area contributed by atoms with Crippen LogP contribution in [0.1, 0.15) is 33.1 Å². The van der Waals surface area contributed by atoms with Crippen molar-refractivity contribution in [3.05, 3.63) is 48.7 Å². The monoisotopic (exact) mass is 393 g/mol. The average Bonchev–Trinajstić information content (AvgIpc) is 2.75. The van der Waals surface area contributed by atoms with Crippen molar-refractivity contribution in [3.63, 3.8) is 0 Å². The normalized spacial score (nSPS) is 20.9. The number of unbranched alkanes of at least 4 members (excludes halogenated alkanes) is 1. The Labute approximate surface area is 165 Å². The summed E-state index contributed by atoms with van der Waals surface area (Å²) in [6.07, 6.45) is 12.6. The molecule has 0 radical (unpaired) electrons. The number of hydrogen-bond acceptors (Lipinski definition) is 4. The van der Waals surface area contributed by atoms with Gasteiger partial charge >= 0.3 is 0 Å². The maximum atomic E-state index is 15.0. The van der Waals surface area contributed by atoms with E-state index in [4.69, 9.17) is 0 Å². The average molecular weight is 394 g/mol. The molecule has 0 saturated carbocycles. The number of phenols is 1. The number of allylic oxidation sites excluding steroid dienone is 4. The summed E-state index contributed by atoms with van der Waals surface area (Å²) >= 11 is 2.72. The van der Waals surface area contributed by atoms with E-state index in [1.165, 1.54) is 23.5 Å². The zero-order valence-electron chi connectivity index (χ0n) is 15.7. The Hall–Kier alpha value is -1.33. The van der Waals surface area contributed by atoms with Gasteiger partial charge in [0.2, 0.25) is 0 Å². The number of thioether (sulfide) groups is 2. The molecule has 0 fully saturated rings. The van der Waals surface area contributed by atoms with E-state index in [0.717, 1.165) is 40.4 Å². The van der Waals surface area contributed by atoms with Crippen molar-refractivity contribution >= 4 is 29.2 Å². The minimum Gasteiger partial charge on any atom is -0.507 e. The lowest BCUT2D eigenvalue weighted by Gasteiger charge is -2.29. The number of halogens is 1. The topological polar surface area (TPSA) is 23.5 Å². The number of benzene rings is 1. The fourth-order valence-electron chi connectivity index (χ4n) is 3.10. The minimum absolute atomic E-state index is 0.0642. The number of anilines is 1. The van der Waals surface area contributed by atoms with Crippen LogP contribution in [0.3, 0.4) is 0 Å². The largest absolute Gasteiger partial charge is 0.507 e. The van der Waals surface area contributed by atoms with Crippen molar-refractivity contribution in [2.45, 2.75) is 48.4 Å². The number of phenolic OH excluding ortho intramolecular Hbond substituents is 1. The van der Waals surface area contributed by atoms with Crippen LogP contribution < -0.4 is 4.90 Å². The van der Waals surface area contributed by atoms with Gasteiger partial charge in [-0.1, -0.05) is 50.3 Å². The summed E-state index contributed by atoms with van der Waals surface area (Å²) in [5, 5.41) is 10.3. The van der Waals surface area contributed by atoms with Gasteiger partial charge in [0.05, 0.1) is 10.6 Å². The summed E-state index contributed by atoms with van der Waals surface area (Å²) in [7, 11) is 0. The molecule has 142 valence electrons. The molecule has 0 amide bonds. The van der Waals surface area contributed by atoms with Crippen LogP contribution in [0, 0.1) is 5.92 Å². The summed E-state index contributed by atoms with van der Waals surface area (Å²) < 4.78 is 15.0. The SMILES string of the molecule is C=C/C=C(\C=C/C)N1CC(CCCC)C(F)Sc2cc(O)c(SC)cc21. The predicted octanol–water partition coefficient (Wildman–Crippen LogP) is 6.77. The molecule has 0 spiro atoms. The van der Waals surface area contributed by atoms with Gasteiger partial charge in [0, 0.05) is 23.1 Å². The number of aromatic hydroxyl groups is 1. The summed E-state index contributed by atoms with van der Waals surface area (Å²) in [5.41, 5.74) is 0.947. The molecule has 1 heterocycles. The second-order valence-corrected chi connectivity index (χ2v) is 8.27. The molecule has 2 nitrogen and oxygen atoms in total. The van der Waals surface area contributed by atoms with E-state index in [1.807, 2.05) is 37.5 Å². The number of nitrogens with zero attached hydrogens (tertiary/aromatic N) is 1. The first-order valence-corrected chi connectivity index (χ1v) is 11.1. The Bertz CT molecular complexity index is 687. The molecule has 1 N–H and O–H groups in total. The van der Waals surface area contributed by atoms with Crippen LogP contribution in [0.25, 0.3) is 0 Å². The van der Waals surface area contributed by atoms with Gasteiger partial charge in [-0.3, -0.25) is 0 Å². The highest BCUT2D eigenvalue weighted by Gasteiger charge is 2.32. The smallest absolute Gasteiger partial charge is 0.154 e. The lowest BCUT2D eigenvalue weighted by atomic mass is 10.0. The summed E-state index contributed by atoms with van der Waals surface area (Å²) in [6.45, 7) is 8.55. The highest BCUT2D eigenvalue weighted by Crippen LogP contribution is 2.46. The molecule has 0 aromatic heterocycles. The lowest BCUT2D eigenvalue weighted by Crippen LogP contribution is -2.30. The maximum absolute atomic E-state index is 15.0. The van der Waals surface area contributed by atoms with Crippen molar-refractivity contribution < 1.29 is 9.50 Å². The Morgan fingerprint density at radius 2 is 2.27 bits per heavy atom. The van der Waals surface area contributed by atoms with Gasteiger partial charge in [-0.05, 0) is 43.9 Å². The number of alkyl halides is 1. The molecule has 1 aliphatic rings. The Morgan fingerprint density at radius 3 is 2.88 bits per heavy atom. The molecule has 0 aliphatic carbocycles. The summed E-state index contributed by atoms with van der Waals surface area (Å²) in [5.74, 6) is 0.147. The van der Waals surface area contributed by atoms with Crippen molar-refractivity contribution in [2.75, 3.05) is 17.7 Å². The standard InChI is InChI=1S/C21H28FNOS2/c1-5-8-11-15-14-23(16(9-6-2)10-7-3)17-12-20(25-4)18(24)13-19(17)26-21(15)22/h6-7,9-10,12-13,15,21,24H,2,5,8,11,14H2,1,3-4H3/b10-7-,16-9+. The van der Waals surface area contributed by atoms with Crippen LogP contribution in [-0.4, -0.2) is 23.4 Å². The fraction of sp³-hybridized carbons (Fsp3) is 0.429. The van der Waals surface area contributed by atoms with Crippen LogP contribution in [0.4, 0.5) is 10.1 Å². The maximum Gasteiger partial charge on any atom is 0.154 e. The van der Waals surface area contributed by atoms with Crippen molar-refractivity contribution in [3.8, 4) is 5.75 Å². The van der Waals surface area contributed by atoms with E-state index in [9.17, 15) is 5.11 Å². The van der Waals surface area contributed by atoms with E-state index < -0.39 is 5.50 Å². The fourth-order valence-corrected chi connectivity index (χ4v) is 4.72. The molecule has 1 aliphatic heterocycles. The molecular weight excluding hydrogens is 365 g/mol. The van der Waals surface area contributed by atoms with Crippen molar-refractivity contribution in [2.24, 2.45) is 5.92 Å². The Morgan fingerprint density at radius 1 is 1.50 bits per heavy atom. The van der Waals surface area contributed by atoms with Crippen LogP contribution in [0.15, 0.2) is 58.5 Å². The third-order valence-electron chi connectivity index (χ3n) is 4.44. The lowest BCUT2D eigenvalue weighted by molar-refractivity contribution is 0.309. The summed E-state index contributed by atoms with van der Waals surface area (Å²) in [4.78, 5) is 3.75. The molecule has 1 aromatic rings. The van der Waals surface area contributed by atoms with Gasteiger partial charge in [0.25, 0.3) is 0 Å². The van der Waals surface area contributed by atoms with E-state index in [0.29, 0.717) is 6.54 Å². The highest BCUT2D eigenvalue weighted by molar-refractivity contribution is 8.00. The van der Waals surface area contributed by atoms with Gasteiger partial charge in [-0.2, -0.15) is 0 Å². The first-order chi connectivity index (χ1) is 12.5. The molecule has 2 rings (SSSR count). The van der Waals surface area contributed by atoms with Crippen LogP contribution in [0.5, 0.6) is 5.75 Å². The second-order valence-electron chi connectivity index (χ2n) is 6.30. The third-order valence-corrected chi connectivity index (χ3v) is 6.40. The Kier molecular flexibility index (Phi) is 8.16. The number of hydrogen-bond donors (Lipinski definition) is 1. The molecule has 0 bridgehead atoms. The van der Waals surface area contributed by atoms with Crippen molar-refractivity contribution in [1.29, 1.82) is 0 Å². The van der Waals surface area contributed by atoms with Crippen LogP contribution >= 0.6 is 23.5 Å². The van der Waals surface area contributed by atoms with Crippen molar-refractivity contribution in [1.82, 2.24) is 0 Å². The molecular formula is C21H28FNOS2. The van der Waals surface area contributed by atoms with Gasteiger partial charge in [0.15, 0.2) is 5.50 Å². The second kappa shape index (κ2) is 10.1. The van der Waals surface area contributed by atoms with Gasteiger partial charge in [-0.15, -0.1) is 11.8 Å². The van der Waals surface area contributed by atoms with Crippen LogP contribution in [-0.2, 0) is 0 Å². The minimum atomic E-state index is -0.986. The quantitative estimate of drug-likeness (QED) is 0.408. The van der Waals surface area contributed by atoms with E-state index in [2.05, 4.69) is 18.4 Å². The number of fused-ring (bicyclic) bond motifs is 1. The molecule has 2 unspecified atom stereocenters. The zero-order valence-corrected chi connectivity index (χ0v) is 17.4. The molecule has 5 heteroatoms. The molecule has 0 saturated heterocycles. The van der Waals surface area contributed by atoms with E-state index in [-0.39, 0.29) is 11.7 Å². The Balaban J connectivity index is 2.56. The van der Waals surface area contributed by atoms with Gasteiger partial charge < -0.3 is 10.0 Å². The predicted molar refractivity (Wildman–Crippen MR) is 114 cm³/mol. The van der Waals surface area contributed by atoms with Gasteiger partial charge in [-0.25, -0.2) is 4.39 Å². The zero-order chi connectivity index (χ0) is 19.1. The highest BCUT2D eigenvalue weighted by atomic mass is 32.2. The molecule has 2 atom stereocenters. The van der Waals surface area contributed by atoms with Crippen LogP contribution in [0.2, 0.25) is 0 Å². The first kappa shape index (κ1) is 21.0. The van der Waals surface area contributed by atoms with E-state index >= 15 is 4.39 Å². The van der Waals surface area contributed by atoms with Gasteiger partial charge in [0.1, 0.15) is 5.75 Å². The first-order valence-electron chi connectivity index (χ1n) is 9.00. The molecule has 1 aromatic carbocycles.